The summed E-state index contributed by atoms with van der Waals surface area (Å²) in [5.74, 6) is -2.59. The van der Waals surface area contributed by atoms with E-state index in [0.717, 1.165) is 0 Å². The molecule has 0 aliphatic heterocycles. The number of benzene rings is 1. The van der Waals surface area contributed by atoms with Crippen LogP contribution in [0.4, 0.5) is 0 Å². The predicted octanol–water partition coefficient (Wildman–Crippen LogP) is 0.530. The molecule has 1 aromatic rings. The van der Waals surface area contributed by atoms with Crippen LogP contribution in [-0.2, 0) is 25.6 Å². The number of nitrogens with two attached hydrogens (primary N) is 1. The Bertz CT molecular complexity index is 855. The summed E-state index contributed by atoms with van der Waals surface area (Å²) in [6, 6.07) is 1.95. The maximum atomic E-state index is 13.0. The van der Waals surface area contributed by atoms with E-state index in [-0.39, 0.29) is 30.3 Å². The third-order valence-corrected chi connectivity index (χ3v) is 6.62. The van der Waals surface area contributed by atoms with Gasteiger partial charge < -0.3 is 31.9 Å². The molecule has 1 aromatic carbocycles. The third-order valence-electron chi connectivity index (χ3n) is 5.61. The predicted molar refractivity (Wildman–Crippen MR) is 140 cm³/mol. The molecule has 5 atom stereocenters. The second-order valence-electron chi connectivity index (χ2n) is 8.27. The van der Waals surface area contributed by atoms with Crippen LogP contribution in [0.25, 0.3) is 0 Å². The second kappa shape index (κ2) is 15.5. The minimum Gasteiger partial charge on any atom is -0.508 e. The Morgan fingerprint density at radius 3 is 2.06 bits per heavy atom. The van der Waals surface area contributed by atoms with E-state index in [2.05, 4.69) is 28.6 Å². The van der Waals surface area contributed by atoms with E-state index in [0.29, 0.717) is 17.7 Å². The summed E-state index contributed by atoms with van der Waals surface area (Å²) in [4.78, 5) is 50.0. The molecule has 0 saturated heterocycles. The van der Waals surface area contributed by atoms with Crippen LogP contribution >= 0.6 is 24.4 Å². The number of thiol groups is 1. The van der Waals surface area contributed by atoms with Crippen LogP contribution in [-0.4, -0.2) is 75.8 Å². The number of phenolic OH excluding ortho intramolecular Hbond substituents is 1. The van der Waals surface area contributed by atoms with Crippen LogP contribution in [0.5, 0.6) is 5.75 Å². The number of hydrogen-bond donors (Lipinski definition) is 7. The van der Waals surface area contributed by atoms with Gasteiger partial charge in [-0.3, -0.25) is 14.4 Å². The lowest BCUT2D eigenvalue weighted by atomic mass is 9.99. The molecule has 35 heavy (non-hydrogen) atoms. The monoisotopic (exact) mass is 528 g/mol. The summed E-state index contributed by atoms with van der Waals surface area (Å²) in [6.45, 7) is 3.73. The molecule has 0 saturated carbocycles. The number of thioether (sulfide) groups is 1. The topological polar surface area (TPSA) is 171 Å². The molecule has 10 nitrogen and oxygen atoms in total. The number of amides is 3. The summed E-state index contributed by atoms with van der Waals surface area (Å²) >= 11 is 5.60. The van der Waals surface area contributed by atoms with Crippen molar-refractivity contribution < 1.29 is 29.4 Å². The number of nitrogens with one attached hydrogen (secondary N) is 3. The summed E-state index contributed by atoms with van der Waals surface area (Å²) in [5.41, 5.74) is 6.58. The molecule has 0 fully saturated rings. The van der Waals surface area contributed by atoms with Crippen molar-refractivity contribution in [2.75, 3.05) is 17.8 Å². The number of aliphatic carboxylic acids is 1. The van der Waals surface area contributed by atoms with E-state index in [1.54, 1.807) is 12.1 Å². The minimum atomic E-state index is -1.18. The van der Waals surface area contributed by atoms with Crippen LogP contribution in [0.3, 0.4) is 0 Å². The van der Waals surface area contributed by atoms with Gasteiger partial charge in [0, 0.05) is 12.2 Å². The number of phenols is 1. The van der Waals surface area contributed by atoms with Gasteiger partial charge in [-0.05, 0) is 42.0 Å². The molecule has 0 heterocycles. The summed E-state index contributed by atoms with van der Waals surface area (Å²) in [7, 11) is 0. The molecule has 0 aromatic heterocycles. The Balaban J connectivity index is 3.04. The summed E-state index contributed by atoms with van der Waals surface area (Å²) in [5, 5.41) is 26.6. The van der Waals surface area contributed by atoms with Gasteiger partial charge in [-0.25, -0.2) is 4.79 Å². The molecule has 1 rings (SSSR count). The highest BCUT2D eigenvalue weighted by Gasteiger charge is 2.30. The smallest absolute Gasteiger partial charge is 0.326 e. The zero-order valence-corrected chi connectivity index (χ0v) is 21.9. The molecule has 0 spiro atoms. The van der Waals surface area contributed by atoms with E-state index < -0.39 is 47.9 Å². The first-order valence-electron chi connectivity index (χ1n) is 11.3. The first-order chi connectivity index (χ1) is 16.5. The number of carbonyl (C=O) groups excluding carboxylic acids is 3. The quantitative estimate of drug-likeness (QED) is 0.162. The summed E-state index contributed by atoms with van der Waals surface area (Å²) < 4.78 is 0. The number of rotatable bonds is 15. The highest BCUT2D eigenvalue weighted by Crippen LogP contribution is 2.12. The zero-order valence-electron chi connectivity index (χ0n) is 20.2. The number of hydrogen-bond acceptors (Lipinski definition) is 8. The van der Waals surface area contributed by atoms with Gasteiger partial charge in [-0.1, -0.05) is 32.4 Å². The lowest BCUT2D eigenvalue weighted by Gasteiger charge is -2.25. The van der Waals surface area contributed by atoms with Crippen LogP contribution in [0.15, 0.2) is 24.3 Å². The van der Waals surface area contributed by atoms with Crippen molar-refractivity contribution in [2.24, 2.45) is 11.7 Å². The third kappa shape index (κ3) is 10.4. The van der Waals surface area contributed by atoms with Crippen molar-refractivity contribution in [1.29, 1.82) is 0 Å². The first-order valence-corrected chi connectivity index (χ1v) is 13.3. The molecule has 7 N–H and O–H groups in total. The van der Waals surface area contributed by atoms with Gasteiger partial charge in [0.15, 0.2) is 0 Å². The van der Waals surface area contributed by atoms with Crippen LogP contribution in [0, 0.1) is 5.92 Å². The largest absolute Gasteiger partial charge is 0.508 e. The first kappa shape index (κ1) is 30.6. The van der Waals surface area contributed by atoms with Crippen LogP contribution in [0.2, 0.25) is 0 Å². The molecule has 3 amide bonds. The van der Waals surface area contributed by atoms with Gasteiger partial charge in [0.2, 0.25) is 17.7 Å². The normalized spacial score (nSPS) is 15.2. The van der Waals surface area contributed by atoms with E-state index in [9.17, 15) is 29.4 Å². The number of aromatic hydroxyl groups is 1. The Kier molecular flexibility index (Phi) is 13.6. The molecule has 0 bridgehead atoms. The van der Waals surface area contributed by atoms with Gasteiger partial charge in [0.05, 0.1) is 6.04 Å². The maximum Gasteiger partial charge on any atom is 0.326 e. The fraction of sp³-hybridized carbons (Fsp3) is 0.565. The molecule has 5 unspecified atom stereocenters. The fourth-order valence-electron chi connectivity index (χ4n) is 3.09. The highest BCUT2D eigenvalue weighted by molar-refractivity contribution is 7.98. The Morgan fingerprint density at radius 2 is 1.54 bits per heavy atom. The molecule has 0 aliphatic carbocycles. The van der Waals surface area contributed by atoms with Gasteiger partial charge in [0.25, 0.3) is 0 Å². The van der Waals surface area contributed by atoms with Crippen molar-refractivity contribution >= 4 is 48.1 Å². The SMILES string of the molecule is CCC(C)C(N)C(=O)NC(CS)C(=O)NC(Cc1ccc(O)cc1)C(=O)NC(CCSC)C(=O)O. The van der Waals surface area contributed by atoms with E-state index >= 15 is 0 Å². The van der Waals surface area contributed by atoms with Crippen LogP contribution in [0.1, 0.15) is 32.3 Å². The number of carboxylic acid groups (broad SMARTS) is 1. The van der Waals surface area contributed by atoms with Crippen molar-refractivity contribution in [3.8, 4) is 5.75 Å². The van der Waals surface area contributed by atoms with Gasteiger partial charge in [-0.15, -0.1) is 0 Å². The summed E-state index contributed by atoms with van der Waals surface area (Å²) in [6.07, 6.45) is 2.76. The maximum absolute atomic E-state index is 13.0. The fourth-order valence-corrected chi connectivity index (χ4v) is 3.82. The van der Waals surface area contributed by atoms with Crippen molar-refractivity contribution in [1.82, 2.24) is 16.0 Å². The van der Waals surface area contributed by atoms with Crippen molar-refractivity contribution in [3.05, 3.63) is 29.8 Å². The van der Waals surface area contributed by atoms with Gasteiger partial charge in [-0.2, -0.15) is 24.4 Å². The van der Waals surface area contributed by atoms with Crippen LogP contribution < -0.4 is 21.7 Å². The molecule has 196 valence electrons. The molecule has 0 aliphatic rings. The molecular formula is C23H36N4O6S2. The number of carbonyl (C=O) groups is 4. The average molecular weight is 529 g/mol. The van der Waals surface area contributed by atoms with E-state index in [1.165, 1.54) is 23.9 Å². The lowest BCUT2D eigenvalue weighted by Crippen LogP contribution is -2.58. The van der Waals surface area contributed by atoms with Gasteiger partial charge in [0.1, 0.15) is 23.9 Å². The standard InChI is InChI=1S/C23H36N4O6S2/c1-4-13(2)19(24)22(31)27-18(12-34)21(30)26-17(11-14-5-7-15(28)8-6-14)20(29)25-16(23(32)33)9-10-35-3/h5-8,13,16-19,28,34H,4,9-12,24H2,1-3H3,(H,25,29)(H,26,30)(H,27,31)(H,32,33). The van der Waals surface area contributed by atoms with Gasteiger partial charge >= 0.3 is 5.97 Å². The molecule has 12 heteroatoms. The van der Waals surface area contributed by atoms with E-state index in [4.69, 9.17) is 5.73 Å². The lowest BCUT2D eigenvalue weighted by molar-refractivity contribution is -0.142. The average Bonchev–Trinajstić information content (AvgIpc) is 2.84. The molecule has 0 radical (unpaired) electrons. The number of carboxylic acids is 1. The Hall–Kier alpha value is -2.44. The zero-order chi connectivity index (χ0) is 26.5. The van der Waals surface area contributed by atoms with E-state index in [1.807, 2.05) is 20.1 Å². The Morgan fingerprint density at radius 1 is 1.00 bits per heavy atom. The van der Waals surface area contributed by atoms with Crippen molar-refractivity contribution in [2.45, 2.75) is 57.3 Å². The Labute approximate surface area is 215 Å². The molecular weight excluding hydrogens is 492 g/mol. The highest BCUT2D eigenvalue weighted by atomic mass is 32.2. The van der Waals surface area contributed by atoms with Crippen molar-refractivity contribution in [3.63, 3.8) is 0 Å². The minimum absolute atomic E-state index is 0.0341. The second-order valence-corrected chi connectivity index (χ2v) is 9.62.